The van der Waals surface area contributed by atoms with E-state index in [0.29, 0.717) is 25.0 Å². The van der Waals surface area contributed by atoms with Gasteiger partial charge in [0.05, 0.1) is 6.61 Å². The topological polar surface area (TPSA) is 55.6 Å². The van der Waals surface area contributed by atoms with Crippen LogP contribution in [0.3, 0.4) is 0 Å². The Labute approximate surface area is 117 Å². The van der Waals surface area contributed by atoms with Gasteiger partial charge in [-0.1, -0.05) is 13.8 Å². The highest BCUT2D eigenvalue weighted by molar-refractivity contribution is 5.79. The lowest BCUT2D eigenvalue weighted by Crippen LogP contribution is -2.52. The summed E-state index contributed by atoms with van der Waals surface area (Å²) in [6, 6.07) is 0.564. The van der Waals surface area contributed by atoms with E-state index in [4.69, 9.17) is 10.5 Å². The zero-order valence-corrected chi connectivity index (χ0v) is 13.1. The molecule has 1 fully saturated rings. The zero-order valence-electron chi connectivity index (χ0n) is 13.1. The van der Waals surface area contributed by atoms with Crippen LogP contribution in [0.25, 0.3) is 0 Å². The van der Waals surface area contributed by atoms with Gasteiger partial charge in [-0.15, -0.1) is 0 Å². The fourth-order valence-electron chi connectivity index (χ4n) is 2.90. The second kappa shape index (κ2) is 6.71. The number of piperidine rings is 1. The minimum atomic E-state index is -0.875. The van der Waals surface area contributed by atoms with Crippen molar-refractivity contribution in [1.82, 2.24) is 4.90 Å². The highest BCUT2D eigenvalue weighted by atomic mass is 16.5. The molecule has 0 spiro atoms. The van der Waals surface area contributed by atoms with Crippen molar-refractivity contribution in [2.24, 2.45) is 17.6 Å². The molecule has 0 aromatic heterocycles. The average molecular weight is 270 g/mol. The third-order valence-electron chi connectivity index (χ3n) is 4.38. The van der Waals surface area contributed by atoms with Crippen molar-refractivity contribution >= 4 is 5.97 Å². The van der Waals surface area contributed by atoms with Crippen LogP contribution < -0.4 is 5.73 Å². The number of carbonyl (C=O) groups excluding carboxylic acids is 1. The van der Waals surface area contributed by atoms with E-state index in [-0.39, 0.29) is 5.97 Å². The highest BCUT2D eigenvalue weighted by Gasteiger charge is 2.33. The Hall–Kier alpha value is -0.610. The van der Waals surface area contributed by atoms with Crippen LogP contribution in [0.4, 0.5) is 0 Å². The lowest BCUT2D eigenvalue weighted by molar-refractivity contribution is -0.149. The molecule has 0 radical (unpaired) electrons. The van der Waals surface area contributed by atoms with E-state index in [1.54, 1.807) is 6.92 Å². The van der Waals surface area contributed by atoms with Gasteiger partial charge in [0.1, 0.15) is 5.54 Å². The molecule has 4 atom stereocenters. The molecule has 4 nitrogen and oxygen atoms in total. The third kappa shape index (κ3) is 4.46. The summed E-state index contributed by atoms with van der Waals surface area (Å²) in [5, 5.41) is 0. The first-order chi connectivity index (χ1) is 8.77. The van der Waals surface area contributed by atoms with Crippen molar-refractivity contribution in [3.8, 4) is 0 Å². The van der Waals surface area contributed by atoms with Gasteiger partial charge in [0.15, 0.2) is 0 Å². The van der Waals surface area contributed by atoms with Gasteiger partial charge >= 0.3 is 5.97 Å². The molecule has 1 saturated heterocycles. The molecular weight excluding hydrogens is 240 g/mol. The summed E-state index contributed by atoms with van der Waals surface area (Å²) < 4.78 is 5.03. The highest BCUT2D eigenvalue weighted by Crippen LogP contribution is 2.27. The monoisotopic (exact) mass is 270 g/mol. The van der Waals surface area contributed by atoms with Gasteiger partial charge < -0.3 is 15.4 Å². The molecule has 4 heteroatoms. The van der Waals surface area contributed by atoms with Gasteiger partial charge in [-0.25, -0.2) is 0 Å². The predicted octanol–water partition coefficient (Wildman–Crippen LogP) is 2.02. The van der Waals surface area contributed by atoms with Crippen molar-refractivity contribution < 1.29 is 9.53 Å². The standard InChI is InChI=1S/C15H30N2O2/c1-6-19-14(18)15(5,16)7-8-17-10-11(2)9-12(3)13(17)4/h11-13H,6-10,16H2,1-5H3. The third-order valence-corrected chi connectivity index (χ3v) is 4.38. The normalized spacial score (nSPS) is 31.8. The molecule has 1 aliphatic heterocycles. The van der Waals surface area contributed by atoms with Gasteiger partial charge in [-0.05, 0) is 45.4 Å². The quantitative estimate of drug-likeness (QED) is 0.777. The van der Waals surface area contributed by atoms with Gasteiger partial charge in [0.2, 0.25) is 0 Å². The SMILES string of the molecule is CCOC(=O)C(C)(N)CCN1CC(C)CC(C)C1C. The summed E-state index contributed by atoms with van der Waals surface area (Å²) in [6.07, 6.45) is 1.94. The molecule has 2 N–H and O–H groups in total. The molecule has 4 unspecified atom stereocenters. The van der Waals surface area contributed by atoms with E-state index >= 15 is 0 Å². The average Bonchev–Trinajstić information content (AvgIpc) is 2.32. The molecule has 1 rings (SSSR count). The maximum atomic E-state index is 11.8. The predicted molar refractivity (Wildman–Crippen MR) is 77.8 cm³/mol. The van der Waals surface area contributed by atoms with Crippen LogP contribution in [0.15, 0.2) is 0 Å². The fraction of sp³-hybridized carbons (Fsp3) is 0.933. The molecule has 19 heavy (non-hydrogen) atoms. The summed E-state index contributed by atoms with van der Waals surface area (Å²) in [7, 11) is 0. The number of likely N-dealkylation sites (tertiary alicyclic amines) is 1. The Morgan fingerprint density at radius 1 is 1.42 bits per heavy atom. The van der Waals surface area contributed by atoms with E-state index in [1.807, 2.05) is 6.92 Å². The second-order valence-corrected chi connectivity index (χ2v) is 6.44. The van der Waals surface area contributed by atoms with E-state index in [9.17, 15) is 4.79 Å². The number of carbonyl (C=O) groups is 1. The zero-order chi connectivity index (χ0) is 14.6. The van der Waals surface area contributed by atoms with Crippen LogP contribution in [0, 0.1) is 11.8 Å². The lowest BCUT2D eigenvalue weighted by Gasteiger charge is -2.42. The van der Waals surface area contributed by atoms with Crippen LogP contribution in [0.2, 0.25) is 0 Å². The minimum absolute atomic E-state index is 0.291. The first-order valence-electron chi connectivity index (χ1n) is 7.48. The summed E-state index contributed by atoms with van der Waals surface area (Å²) in [6.45, 7) is 12.8. The Balaban J connectivity index is 2.52. The van der Waals surface area contributed by atoms with Crippen LogP contribution in [-0.2, 0) is 9.53 Å². The summed E-state index contributed by atoms with van der Waals surface area (Å²) in [5.41, 5.74) is 5.20. The molecule has 0 aromatic rings. The lowest BCUT2D eigenvalue weighted by atomic mass is 9.85. The van der Waals surface area contributed by atoms with Crippen LogP contribution in [-0.4, -0.2) is 42.1 Å². The number of hydrogen-bond donors (Lipinski definition) is 1. The number of ether oxygens (including phenoxy) is 1. The molecule has 0 saturated carbocycles. The molecule has 1 aliphatic rings. The minimum Gasteiger partial charge on any atom is -0.465 e. The van der Waals surface area contributed by atoms with Gasteiger partial charge in [0, 0.05) is 19.1 Å². The smallest absolute Gasteiger partial charge is 0.325 e. The number of rotatable bonds is 5. The van der Waals surface area contributed by atoms with Gasteiger partial charge in [-0.3, -0.25) is 4.79 Å². The number of nitrogens with zero attached hydrogens (tertiary/aromatic N) is 1. The number of esters is 1. The summed E-state index contributed by atoms with van der Waals surface area (Å²) in [4.78, 5) is 14.2. The second-order valence-electron chi connectivity index (χ2n) is 6.44. The molecule has 112 valence electrons. The molecular formula is C15H30N2O2. The fourth-order valence-corrected chi connectivity index (χ4v) is 2.90. The van der Waals surface area contributed by atoms with E-state index < -0.39 is 5.54 Å². The Kier molecular flexibility index (Phi) is 5.81. The largest absolute Gasteiger partial charge is 0.465 e. The Morgan fingerprint density at radius 3 is 2.63 bits per heavy atom. The van der Waals surface area contributed by atoms with Gasteiger partial charge in [-0.2, -0.15) is 0 Å². The molecule has 0 aliphatic carbocycles. The Bertz CT molecular complexity index is 305. The van der Waals surface area contributed by atoms with Crippen molar-refractivity contribution in [2.75, 3.05) is 19.7 Å². The van der Waals surface area contributed by atoms with Crippen LogP contribution >= 0.6 is 0 Å². The van der Waals surface area contributed by atoms with Crippen molar-refractivity contribution in [3.05, 3.63) is 0 Å². The van der Waals surface area contributed by atoms with E-state index in [0.717, 1.165) is 19.0 Å². The maximum Gasteiger partial charge on any atom is 0.325 e. The van der Waals surface area contributed by atoms with E-state index in [1.165, 1.54) is 6.42 Å². The summed E-state index contributed by atoms with van der Waals surface area (Å²) >= 11 is 0. The first kappa shape index (κ1) is 16.4. The number of nitrogens with two attached hydrogens (primary N) is 1. The molecule has 0 aromatic carbocycles. The van der Waals surface area contributed by atoms with Crippen LogP contribution in [0.5, 0.6) is 0 Å². The van der Waals surface area contributed by atoms with E-state index in [2.05, 4.69) is 25.7 Å². The van der Waals surface area contributed by atoms with Gasteiger partial charge in [0.25, 0.3) is 0 Å². The molecule has 0 bridgehead atoms. The van der Waals surface area contributed by atoms with Crippen molar-refractivity contribution in [2.45, 2.75) is 59.0 Å². The van der Waals surface area contributed by atoms with Crippen molar-refractivity contribution in [3.63, 3.8) is 0 Å². The molecule has 1 heterocycles. The Morgan fingerprint density at radius 2 is 2.05 bits per heavy atom. The molecule has 0 amide bonds. The first-order valence-corrected chi connectivity index (χ1v) is 7.48. The number of hydrogen-bond acceptors (Lipinski definition) is 4. The van der Waals surface area contributed by atoms with Crippen LogP contribution in [0.1, 0.15) is 47.5 Å². The van der Waals surface area contributed by atoms with Crippen molar-refractivity contribution in [1.29, 1.82) is 0 Å². The maximum absolute atomic E-state index is 11.8. The summed E-state index contributed by atoms with van der Waals surface area (Å²) in [5.74, 6) is 1.13.